The third-order valence-electron chi connectivity index (χ3n) is 3.09. The van der Waals surface area contributed by atoms with E-state index in [-0.39, 0.29) is 11.4 Å². The molecule has 0 spiro atoms. The van der Waals surface area contributed by atoms with Crippen molar-refractivity contribution < 1.29 is 4.79 Å². The number of nitrogens with one attached hydrogen (secondary N) is 1. The van der Waals surface area contributed by atoms with Crippen molar-refractivity contribution in [1.82, 2.24) is 5.32 Å². The maximum Gasteiger partial charge on any atom is 0.225 e. The molecule has 2 nitrogen and oxygen atoms in total. The molecule has 2 rings (SSSR count). The Bertz CT molecular complexity index is 372. The van der Waals surface area contributed by atoms with E-state index < -0.39 is 0 Å². The molecule has 2 heteroatoms. The molecule has 1 aliphatic rings. The minimum absolute atomic E-state index is 0.132. The molecule has 1 aromatic rings. The zero-order valence-electron chi connectivity index (χ0n) is 8.63. The van der Waals surface area contributed by atoms with Gasteiger partial charge in [-0.05, 0) is 24.5 Å². The van der Waals surface area contributed by atoms with Gasteiger partial charge in [0.05, 0.1) is 12.0 Å². The summed E-state index contributed by atoms with van der Waals surface area (Å²) in [4.78, 5) is 11.5. The lowest BCUT2D eigenvalue weighted by Gasteiger charge is -2.36. The van der Waals surface area contributed by atoms with Crippen molar-refractivity contribution >= 4 is 5.91 Å². The van der Waals surface area contributed by atoms with Crippen molar-refractivity contribution in [1.29, 1.82) is 0 Å². The van der Waals surface area contributed by atoms with Crippen LogP contribution in [0.2, 0.25) is 0 Å². The van der Waals surface area contributed by atoms with Crippen molar-refractivity contribution in [2.24, 2.45) is 0 Å². The van der Waals surface area contributed by atoms with Crippen LogP contribution in [-0.2, 0) is 16.8 Å². The first-order chi connectivity index (χ1) is 6.65. The Labute approximate surface area is 84.3 Å². The average molecular weight is 189 g/mol. The molecular weight excluding hydrogens is 174 g/mol. The van der Waals surface area contributed by atoms with Gasteiger partial charge in [-0.2, -0.15) is 0 Å². The fraction of sp³-hybridized carbons (Fsp3) is 0.417. The summed E-state index contributed by atoms with van der Waals surface area (Å²) in [5.41, 5.74) is 2.26. The first kappa shape index (κ1) is 9.25. The van der Waals surface area contributed by atoms with Crippen LogP contribution in [0.15, 0.2) is 24.3 Å². The van der Waals surface area contributed by atoms with Crippen LogP contribution in [0.5, 0.6) is 0 Å². The summed E-state index contributed by atoms with van der Waals surface area (Å²) in [6.07, 6.45) is 1.45. The summed E-state index contributed by atoms with van der Waals surface area (Å²) in [6, 6.07) is 8.18. The number of benzene rings is 1. The molecule has 14 heavy (non-hydrogen) atoms. The molecule has 0 radical (unpaired) electrons. The molecule has 74 valence electrons. The summed E-state index contributed by atoms with van der Waals surface area (Å²) in [7, 11) is 0. The number of carbonyl (C=O) groups is 1. The fourth-order valence-corrected chi connectivity index (χ4v) is 2.08. The molecule has 1 aromatic carbocycles. The van der Waals surface area contributed by atoms with Gasteiger partial charge in [0.1, 0.15) is 0 Å². The van der Waals surface area contributed by atoms with Gasteiger partial charge in [0.25, 0.3) is 0 Å². The highest BCUT2D eigenvalue weighted by Crippen LogP contribution is 2.30. The molecular formula is C12H15NO. The molecule has 0 unspecified atom stereocenters. The molecule has 0 saturated heterocycles. The SMILES string of the molecule is CC[C@@]1(C)NC(=O)Cc2ccccc21. The summed E-state index contributed by atoms with van der Waals surface area (Å²) in [5.74, 6) is 0.132. The van der Waals surface area contributed by atoms with Crippen LogP contribution < -0.4 is 5.32 Å². The van der Waals surface area contributed by atoms with Gasteiger partial charge in [-0.3, -0.25) is 4.79 Å². The van der Waals surface area contributed by atoms with E-state index in [2.05, 4.69) is 25.2 Å². The highest BCUT2D eigenvalue weighted by Gasteiger charge is 2.32. The average Bonchev–Trinajstić information content (AvgIpc) is 2.17. The lowest BCUT2D eigenvalue weighted by Crippen LogP contribution is -2.48. The second-order valence-corrected chi connectivity index (χ2v) is 4.07. The number of carbonyl (C=O) groups excluding carboxylic acids is 1. The van der Waals surface area contributed by atoms with E-state index in [9.17, 15) is 4.79 Å². The number of hydrogen-bond donors (Lipinski definition) is 1. The van der Waals surface area contributed by atoms with E-state index in [1.54, 1.807) is 0 Å². The minimum atomic E-state index is -0.175. The molecule has 0 fully saturated rings. The highest BCUT2D eigenvalue weighted by molar-refractivity contribution is 5.82. The van der Waals surface area contributed by atoms with Crippen molar-refractivity contribution in [2.45, 2.75) is 32.2 Å². The summed E-state index contributed by atoms with van der Waals surface area (Å²) >= 11 is 0. The number of amides is 1. The first-order valence-electron chi connectivity index (χ1n) is 5.05. The third-order valence-corrected chi connectivity index (χ3v) is 3.09. The lowest BCUT2D eigenvalue weighted by molar-refractivity contribution is -0.123. The molecule has 0 aliphatic carbocycles. The zero-order chi connectivity index (χ0) is 10.2. The van der Waals surface area contributed by atoms with Crippen LogP contribution in [0.4, 0.5) is 0 Å². The minimum Gasteiger partial charge on any atom is -0.347 e. The molecule has 1 N–H and O–H groups in total. The number of rotatable bonds is 1. The van der Waals surface area contributed by atoms with Crippen molar-refractivity contribution in [3.63, 3.8) is 0 Å². The predicted octanol–water partition coefficient (Wildman–Crippen LogP) is 1.98. The first-order valence-corrected chi connectivity index (χ1v) is 5.05. The van der Waals surface area contributed by atoms with Crippen LogP contribution in [-0.4, -0.2) is 5.91 Å². The van der Waals surface area contributed by atoms with Gasteiger partial charge in [0, 0.05) is 0 Å². The van der Waals surface area contributed by atoms with Gasteiger partial charge in [-0.25, -0.2) is 0 Å². The van der Waals surface area contributed by atoms with E-state index in [4.69, 9.17) is 0 Å². The molecule has 0 bridgehead atoms. The van der Waals surface area contributed by atoms with E-state index >= 15 is 0 Å². The van der Waals surface area contributed by atoms with Crippen LogP contribution >= 0.6 is 0 Å². The van der Waals surface area contributed by atoms with Crippen molar-refractivity contribution in [2.75, 3.05) is 0 Å². The Kier molecular flexibility index (Phi) is 2.06. The fourth-order valence-electron chi connectivity index (χ4n) is 2.08. The second-order valence-electron chi connectivity index (χ2n) is 4.07. The van der Waals surface area contributed by atoms with E-state index in [1.807, 2.05) is 18.2 Å². The van der Waals surface area contributed by atoms with Crippen LogP contribution in [0.3, 0.4) is 0 Å². The van der Waals surface area contributed by atoms with Gasteiger partial charge in [-0.15, -0.1) is 0 Å². The van der Waals surface area contributed by atoms with Crippen LogP contribution in [0.25, 0.3) is 0 Å². The van der Waals surface area contributed by atoms with Gasteiger partial charge in [-0.1, -0.05) is 31.2 Å². The van der Waals surface area contributed by atoms with Gasteiger partial charge >= 0.3 is 0 Å². The maximum atomic E-state index is 11.5. The second kappa shape index (κ2) is 3.12. The summed E-state index contributed by atoms with van der Waals surface area (Å²) in [6.45, 7) is 4.19. The number of fused-ring (bicyclic) bond motifs is 1. The van der Waals surface area contributed by atoms with Gasteiger partial charge < -0.3 is 5.32 Å². The van der Waals surface area contributed by atoms with Crippen LogP contribution in [0.1, 0.15) is 31.4 Å². The molecule has 1 aliphatic heterocycles. The van der Waals surface area contributed by atoms with E-state index in [0.29, 0.717) is 6.42 Å². The smallest absolute Gasteiger partial charge is 0.225 e. The molecule has 0 saturated carbocycles. The standard InChI is InChI=1S/C12H15NO/c1-3-12(2)10-7-5-4-6-9(10)8-11(14)13-12/h4-7H,3,8H2,1-2H3,(H,13,14)/t12-/m1/s1. The Hall–Kier alpha value is -1.31. The molecule has 0 aromatic heterocycles. The predicted molar refractivity (Wildman–Crippen MR) is 55.9 cm³/mol. The maximum absolute atomic E-state index is 11.5. The largest absolute Gasteiger partial charge is 0.347 e. The zero-order valence-corrected chi connectivity index (χ0v) is 8.63. The Morgan fingerprint density at radius 1 is 1.43 bits per heavy atom. The van der Waals surface area contributed by atoms with E-state index in [0.717, 1.165) is 6.42 Å². The Morgan fingerprint density at radius 3 is 2.86 bits per heavy atom. The monoisotopic (exact) mass is 189 g/mol. The van der Waals surface area contributed by atoms with Crippen molar-refractivity contribution in [3.8, 4) is 0 Å². The summed E-state index contributed by atoms with van der Waals surface area (Å²) in [5, 5.41) is 3.06. The Morgan fingerprint density at radius 2 is 2.14 bits per heavy atom. The normalized spacial score (nSPS) is 25.4. The molecule has 1 heterocycles. The van der Waals surface area contributed by atoms with Gasteiger partial charge in [0.2, 0.25) is 5.91 Å². The molecule has 1 atom stereocenters. The molecule has 1 amide bonds. The highest BCUT2D eigenvalue weighted by atomic mass is 16.1. The topological polar surface area (TPSA) is 29.1 Å². The lowest BCUT2D eigenvalue weighted by atomic mass is 9.82. The van der Waals surface area contributed by atoms with Crippen LogP contribution in [0, 0.1) is 0 Å². The number of hydrogen-bond acceptors (Lipinski definition) is 1. The quantitative estimate of drug-likeness (QED) is 0.719. The van der Waals surface area contributed by atoms with Crippen molar-refractivity contribution in [3.05, 3.63) is 35.4 Å². The summed E-state index contributed by atoms with van der Waals surface area (Å²) < 4.78 is 0. The third kappa shape index (κ3) is 1.31. The van der Waals surface area contributed by atoms with Gasteiger partial charge in [0.15, 0.2) is 0 Å². The van der Waals surface area contributed by atoms with E-state index in [1.165, 1.54) is 11.1 Å². The Balaban J connectivity index is 2.54.